The van der Waals surface area contributed by atoms with E-state index in [4.69, 9.17) is 4.74 Å². The zero-order chi connectivity index (χ0) is 13.9. The highest BCUT2D eigenvalue weighted by molar-refractivity contribution is 6.37. The Balaban J connectivity index is 2.76. The summed E-state index contributed by atoms with van der Waals surface area (Å²) in [5.41, 5.74) is 1.95. The van der Waals surface area contributed by atoms with E-state index in [0.717, 1.165) is 11.1 Å². The molecule has 0 unspecified atom stereocenters. The molecule has 98 valence electrons. The lowest BCUT2D eigenvalue weighted by atomic mass is 10.1. The molecule has 1 rings (SSSR count). The molecule has 0 bridgehead atoms. The number of carbonyl (C=O) groups is 2. The quantitative estimate of drug-likeness (QED) is 0.614. The molecule has 0 spiro atoms. The fourth-order valence-electron chi connectivity index (χ4n) is 1.38. The van der Waals surface area contributed by atoms with Gasteiger partial charge in [0.1, 0.15) is 5.60 Å². The van der Waals surface area contributed by atoms with Gasteiger partial charge in [0.2, 0.25) is 0 Å². The Bertz CT molecular complexity index is 472. The van der Waals surface area contributed by atoms with Gasteiger partial charge in [-0.05, 0) is 51.8 Å². The number of ether oxygens (including phenoxy) is 1. The minimum atomic E-state index is -0.872. The minimum absolute atomic E-state index is 0.630. The molecular weight excluding hydrogens is 230 g/mol. The average Bonchev–Trinajstić information content (AvgIpc) is 2.22. The van der Waals surface area contributed by atoms with Crippen LogP contribution in [0.15, 0.2) is 18.2 Å². The second-order valence-electron chi connectivity index (χ2n) is 5.20. The Labute approximate surface area is 107 Å². The molecule has 0 aliphatic rings. The number of hydrogen-bond donors (Lipinski definition) is 1. The molecule has 4 nitrogen and oxygen atoms in total. The van der Waals surface area contributed by atoms with Crippen molar-refractivity contribution in [3.8, 4) is 0 Å². The lowest BCUT2D eigenvalue weighted by molar-refractivity contribution is -0.161. The first kappa shape index (κ1) is 14.2. The number of amides is 1. The fourth-order valence-corrected chi connectivity index (χ4v) is 1.38. The van der Waals surface area contributed by atoms with E-state index >= 15 is 0 Å². The first-order valence-electron chi connectivity index (χ1n) is 5.81. The fraction of sp³-hybridized carbons (Fsp3) is 0.429. The van der Waals surface area contributed by atoms with Crippen LogP contribution in [0.5, 0.6) is 0 Å². The Morgan fingerprint density at radius 3 is 2.33 bits per heavy atom. The molecular formula is C14H19NO3. The molecule has 0 heterocycles. The van der Waals surface area contributed by atoms with Crippen LogP contribution in [0, 0.1) is 13.8 Å². The first-order valence-corrected chi connectivity index (χ1v) is 5.81. The van der Waals surface area contributed by atoms with Gasteiger partial charge in [-0.25, -0.2) is 4.79 Å². The van der Waals surface area contributed by atoms with Crippen LogP contribution in [0.2, 0.25) is 0 Å². The molecule has 1 amide bonds. The smallest absolute Gasteiger partial charge is 0.397 e. The second kappa shape index (κ2) is 5.21. The lowest BCUT2D eigenvalue weighted by Crippen LogP contribution is -2.32. The van der Waals surface area contributed by atoms with Gasteiger partial charge in [-0.15, -0.1) is 0 Å². The molecule has 0 radical (unpaired) electrons. The summed E-state index contributed by atoms with van der Waals surface area (Å²) in [5, 5.41) is 2.56. The molecule has 1 aromatic rings. The van der Waals surface area contributed by atoms with Crippen LogP contribution in [0.25, 0.3) is 0 Å². The predicted molar refractivity (Wildman–Crippen MR) is 70.4 cm³/mol. The molecule has 0 saturated heterocycles. The van der Waals surface area contributed by atoms with Gasteiger partial charge in [0.05, 0.1) is 0 Å². The summed E-state index contributed by atoms with van der Waals surface area (Å²) in [5.74, 6) is -1.62. The zero-order valence-corrected chi connectivity index (χ0v) is 11.5. The van der Waals surface area contributed by atoms with Gasteiger partial charge in [-0.3, -0.25) is 4.79 Å². The number of hydrogen-bond acceptors (Lipinski definition) is 3. The topological polar surface area (TPSA) is 55.4 Å². The Morgan fingerprint density at radius 1 is 1.17 bits per heavy atom. The van der Waals surface area contributed by atoms with Gasteiger partial charge in [-0.2, -0.15) is 0 Å². The third-order valence-electron chi connectivity index (χ3n) is 2.44. The van der Waals surface area contributed by atoms with E-state index in [-0.39, 0.29) is 0 Å². The number of anilines is 1. The number of carbonyl (C=O) groups excluding carboxylic acids is 2. The molecule has 0 saturated carbocycles. The normalized spacial score (nSPS) is 10.9. The van der Waals surface area contributed by atoms with Crippen LogP contribution in [-0.2, 0) is 14.3 Å². The highest BCUT2D eigenvalue weighted by Crippen LogP contribution is 2.18. The summed E-state index contributed by atoms with van der Waals surface area (Å²) in [7, 11) is 0. The molecule has 0 fully saturated rings. The number of rotatable bonds is 1. The summed E-state index contributed by atoms with van der Waals surface area (Å²) in [4.78, 5) is 23.2. The van der Waals surface area contributed by atoms with E-state index in [1.54, 1.807) is 26.8 Å². The molecule has 0 atom stereocenters. The van der Waals surface area contributed by atoms with E-state index in [9.17, 15) is 9.59 Å². The summed E-state index contributed by atoms with van der Waals surface area (Å²) < 4.78 is 4.99. The van der Waals surface area contributed by atoms with E-state index in [1.165, 1.54) is 0 Å². The van der Waals surface area contributed by atoms with Crippen molar-refractivity contribution in [2.24, 2.45) is 0 Å². The second-order valence-corrected chi connectivity index (χ2v) is 5.20. The van der Waals surface area contributed by atoms with Gasteiger partial charge < -0.3 is 10.1 Å². The molecule has 0 aliphatic carbocycles. The third-order valence-corrected chi connectivity index (χ3v) is 2.44. The Kier molecular flexibility index (Phi) is 4.11. The summed E-state index contributed by atoms with van der Waals surface area (Å²) in [6.07, 6.45) is 0. The van der Waals surface area contributed by atoms with Crippen molar-refractivity contribution in [2.75, 3.05) is 5.32 Å². The van der Waals surface area contributed by atoms with Crippen molar-refractivity contribution in [2.45, 2.75) is 40.2 Å². The standard InChI is InChI=1S/C14H19NO3/c1-9-7-6-8-11(10(9)2)15-12(16)13(17)18-14(3,4)5/h6-8H,1-5H3,(H,15,16). The van der Waals surface area contributed by atoms with Gasteiger partial charge in [0, 0.05) is 5.69 Å². The summed E-state index contributed by atoms with van der Waals surface area (Å²) in [6, 6.07) is 5.52. The number of benzene rings is 1. The van der Waals surface area contributed by atoms with Crippen LogP contribution in [0.4, 0.5) is 5.69 Å². The highest BCUT2D eigenvalue weighted by Gasteiger charge is 2.23. The summed E-state index contributed by atoms with van der Waals surface area (Å²) in [6.45, 7) is 8.99. The van der Waals surface area contributed by atoms with Gasteiger partial charge >= 0.3 is 11.9 Å². The maximum Gasteiger partial charge on any atom is 0.397 e. The Hall–Kier alpha value is -1.84. The monoisotopic (exact) mass is 249 g/mol. The van der Waals surface area contributed by atoms with Crippen molar-refractivity contribution >= 4 is 17.6 Å². The number of esters is 1. The maximum absolute atomic E-state index is 11.7. The molecule has 1 N–H and O–H groups in total. The van der Waals surface area contributed by atoms with Crippen LogP contribution < -0.4 is 5.32 Å². The van der Waals surface area contributed by atoms with Crippen molar-refractivity contribution in [3.63, 3.8) is 0 Å². The van der Waals surface area contributed by atoms with Crippen LogP contribution in [0.3, 0.4) is 0 Å². The molecule has 1 aromatic carbocycles. The molecule has 18 heavy (non-hydrogen) atoms. The van der Waals surface area contributed by atoms with Crippen molar-refractivity contribution < 1.29 is 14.3 Å². The van der Waals surface area contributed by atoms with Gasteiger partial charge in [-0.1, -0.05) is 12.1 Å². The van der Waals surface area contributed by atoms with Crippen molar-refractivity contribution in [1.82, 2.24) is 0 Å². The highest BCUT2D eigenvalue weighted by atomic mass is 16.6. The van der Waals surface area contributed by atoms with Crippen LogP contribution in [0.1, 0.15) is 31.9 Å². The molecule has 4 heteroatoms. The minimum Gasteiger partial charge on any atom is -0.453 e. The summed E-state index contributed by atoms with van der Waals surface area (Å²) >= 11 is 0. The maximum atomic E-state index is 11.7. The van der Waals surface area contributed by atoms with Crippen LogP contribution >= 0.6 is 0 Å². The molecule has 0 aliphatic heterocycles. The molecule has 0 aromatic heterocycles. The lowest BCUT2D eigenvalue weighted by Gasteiger charge is -2.19. The van der Waals surface area contributed by atoms with Crippen molar-refractivity contribution in [3.05, 3.63) is 29.3 Å². The van der Waals surface area contributed by atoms with Gasteiger partial charge in [0.25, 0.3) is 0 Å². The van der Waals surface area contributed by atoms with Crippen molar-refractivity contribution in [1.29, 1.82) is 0 Å². The number of aryl methyl sites for hydroxylation is 1. The largest absolute Gasteiger partial charge is 0.453 e. The van der Waals surface area contributed by atoms with Crippen LogP contribution in [-0.4, -0.2) is 17.5 Å². The third kappa shape index (κ3) is 3.87. The Morgan fingerprint density at radius 2 is 1.78 bits per heavy atom. The SMILES string of the molecule is Cc1cccc(NC(=O)C(=O)OC(C)(C)C)c1C. The number of nitrogens with one attached hydrogen (secondary N) is 1. The van der Waals surface area contributed by atoms with Gasteiger partial charge in [0.15, 0.2) is 0 Å². The predicted octanol–water partition coefficient (Wildman–Crippen LogP) is 2.58. The first-order chi connectivity index (χ1) is 8.20. The average molecular weight is 249 g/mol. The zero-order valence-electron chi connectivity index (χ0n) is 11.5. The van der Waals surface area contributed by atoms with E-state index in [1.807, 2.05) is 26.0 Å². The van der Waals surface area contributed by atoms with E-state index < -0.39 is 17.5 Å². The van der Waals surface area contributed by atoms with E-state index in [2.05, 4.69) is 5.32 Å². The van der Waals surface area contributed by atoms with E-state index in [0.29, 0.717) is 5.69 Å².